The molecule has 0 bridgehead atoms. The van der Waals surface area contributed by atoms with Crippen molar-refractivity contribution in [3.8, 4) is 11.3 Å². The van der Waals surface area contributed by atoms with Gasteiger partial charge in [0.15, 0.2) is 0 Å². The van der Waals surface area contributed by atoms with Crippen LogP contribution in [0, 0.1) is 0 Å². The van der Waals surface area contributed by atoms with Crippen LogP contribution in [0.15, 0.2) is 30.3 Å². The highest BCUT2D eigenvalue weighted by atomic mass is 15.3. The summed E-state index contributed by atoms with van der Waals surface area (Å²) >= 11 is 0. The first-order chi connectivity index (χ1) is 8.74. The predicted molar refractivity (Wildman–Crippen MR) is 74.5 cm³/mol. The summed E-state index contributed by atoms with van der Waals surface area (Å²) in [5.41, 5.74) is 9.15. The van der Waals surface area contributed by atoms with Crippen molar-refractivity contribution in [2.24, 2.45) is 7.05 Å². The van der Waals surface area contributed by atoms with Crippen LogP contribution in [-0.4, -0.2) is 22.9 Å². The SMILES string of the molecule is Cn1nc(-c2ccc(N3CCCC3)cc2)cc1N. The maximum Gasteiger partial charge on any atom is 0.121 e. The molecule has 0 aliphatic carbocycles. The van der Waals surface area contributed by atoms with E-state index in [2.05, 4.69) is 34.3 Å². The standard InChI is InChI=1S/C14H18N4/c1-17-14(15)10-13(16-17)11-4-6-12(7-5-11)18-8-2-3-9-18/h4-7,10H,2-3,8-9,15H2,1H3. The number of nitrogens with zero attached hydrogens (tertiary/aromatic N) is 3. The van der Waals surface area contributed by atoms with E-state index < -0.39 is 0 Å². The number of benzene rings is 1. The quantitative estimate of drug-likeness (QED) is 0.878. The van der Waals surface area contributed by atoms with Crippen molar-refractivity contribution in [2.75, 3.05) is 23.7 Å². The molecule has 0 unspecified atom stereocenters. The average molecular weight is 242 g/mol. The van der Waals surface area contributed by atoms with Gasteiger partial charge in [-0.2, -0.15) is 5.10 Å². The van der Waals surface area contributed by atoms with Gasteiger partial charge in [0.2, 0.25) is 0 Å². The Balaban J connectivity index is 1.86. The van der Waals surface area contributed by atoms with Gasteiger partial charge in [-0.3, -0.25) is 4.68 Å². The van der Waals surface area contributed by atoms with Crippen LogP contribution in [0.4, 0.5) is 11.5 Å². The number of aromatic nitrogens is 2. The Bertz CT molecular complexity index is 516. The van der Waals surface area contributed by atoms with Crippen LogP contribution < -0.4 is 10.6 Å². The van der Waals surface area contributed by atoms with E-state index in [4.69, 9.17) is 5.73 Å². The van der Waals surface area contributed by atoms with E-state index in [0.29, 0.717) is 5.82 Å². The molecule has 2 aromatic rings. The zero-order valence-corrected chi connectivity index (χ0v) is 10.6. The second-order valence-electron chi connectivity index (χ2n) is 4.82. The molecule has 4 heteroatoms. The Morgan fingerprint density at radius 3 is 2.33 bits per heavy atom. The van der Waals surface area contributed by atoms with Crippen molar-refractivity contribution in [3.63, 3.8) is 0 Å². The molecule has 2 N–H and O–H groups in total. The second-order valence-corrected chi connectivity index (χ2v) is 4.82. The highest BCUT2D eigenvalue weighted by Gasteiger charge is 2.12. The van der Waals surface area contributed by atoms with Crippen LogP contribution in [0.5, 0.6) is 0 Å². The van der Waals surface area contributed by atoms with Gasteiger partial charge >= 0.3 is 0 Å². The molecule has 1 fully saturated rings. The largest absolute Gasteiger partial charge is 0.384 e. The molecule has 3 rings (SSSR count). The topological polar surface area (TPSA) is 47.1 Å². The summed E-state index contributed by atoms with van der Waals surface area (Å²) < 4.78 is 1.70. The summed E-state index contributed by atoms with van der Waals surface area (Å²) in [6.07, 6.45) is 2.61. The van der Waals surface area contributed by atoms with Gasteiger partial charge in [0.25, 0.3) is 0 Å². The molecule has 2 heterocycles. The van der Waals surface area contributed by atoms with Crippen molar-refractivity contribution < 1.29 is 0 Å². The van der Waals surface area contributed by atoms with Gasteiger partial charge < -0.3 is 10.6 Å². The van der Waals surface area contributed by atoms with Crippen molar-refractivity contribution in [1.29, 1.82) is 0 Å². The number of rotatable bonds is 2. The fraction of sp³-hybridized carbons (Fsp3) is 0.357. The lowest BCUT2D eigenvalue weighted by atomic mass is 10.1. The van der Waals surface area contributed by atoms with E-state index >= 15 is 0 Å². The lowest BCUT2D eigenvalue weighted by Gasteiger charge is -2.17. The number of aryl methyl sites for hydroxylation is 1. The lowest BCUT2D eigenvalue weighted by molar-refractivity contribution is 0.782. The monoisotopic (exact) mass is 242 g/mol. The third-order valence-electron chi connectivity index (χ3n) is 3.55. The van der Waals surface area contributed by atoms with E-state index in [1.807, 2.05) is 13.1 Å². The number of hydrogen-bond acceptors (Lipinski definition) is 3. The van der Waals surface area contributed by atoms with Crippen molar-refractivity contribution >= 4 is 11.5 Å². The molecular weight excluding hydrogens is 224 g/mol. The van der Waals surface area contributed by atoms with E-state index in [1.165, 1.54) is 31.6 Å². The Hall–Kier alpha value is -1.97. The minimum absolute atomic E-state index is 0.689. The van der Waals surface area contributed by atoms with Gasteiger partial charge in [0.05, 0.1) is 5.69 Å². The maximum absolute atomic E-state index is 5.80. The van der Waals surface area contributed by atoms with E-state index in [9.17, 15) is 0 Å². The number of nitrogens with two attached hydrogens (primary N) is 1. The third-order valence-corrected chi connectivity index (χ3v) is 3.55. The molecule has 0 saturated carbocycles. The lowest BCUT2D eigenvalue weighted by Crippen LogP contribution is -2.17. The van der Waals surface area contributed by atoms with Crippen LogP contribution >= 0.6 is 0 Å². The Morgan fingerprint density at radius 2 is 1.78 bits per heavy atom. The Kier molecular flexibility index (Phi) is 2.70. The predicted octanol–water partition coefficient (Wildman–Crippen LogP) is 2.27. The molecule has 0 radical (unpaired) electrons. The summed E-state index contributed by atoms with van der Waals surface area (Å²) in [6.45, 7) is 2.35. The number of hydrogen-bond donors (Lipinski definition) is 1. The van der Waals surface area contributed by atoms with Crippen molar-refractivity contribution in [1.82, 2.24) is 9.78 Å². The number of nitrogen functional groups attached to an aromatic ring is 1. The molecule has 1 saturated heterocycles. The van der Waals surface area contributed by atoms with Crippen LogP contribution in [0.25, 0.3) is 11.3 Å². The summed E-state index contributed by atoms with van der Waals surface area (Å²) in [6, 6.07) is 10.5. The molecule has 0 amide bonds. The van der Waals surface area contributed by atoms with Gasteiger partial charge in [0, 0.05) is 37.5 Å². The zero-order valence-electron chi connectivity index (χ0n) is 10.6. The first kappa shape index (κ1) is 11.1. The van der Waals surface area contributed by atoms with Crippen molar-refractivity contribution in [2.45, 2.75) is 12.8 Å². The normalized spacial score (nSPS) is 15.3. The molecular formula is C14H18N4. The molecule has 4 nitrogen and oxygen atoms in total. The van der Waals surface area contributed by atoms with Crippen LogP contribution in [0.2, 0.25) is 0 Å². The van der Waals surface area contributed by atoms with Crippen LogP contribution in [-0.2, 0) is 7.05 Å². The Labute approximate surface area is 107 Å². The summed E-state index contributed by atoms with van der Waals surface area (Å²) in [5, 5.41) is 4.39. The molecule has 0 atom stereocenters. The smallest absolute Gasteiger partial charge is 0.121 e. The fourth-order valence-electron chi connectivity index (χ4n) is 2.44. The van der Waals surface area contributed by atoms with Gasteiger partial charge in [-0.1, -0.05) is 12.1 Å². The molecule has 1 aliphatic heterocycles. The fourth-order valence-corrected chi connectivity index (χ4v) is 2.44. The minimum Gasteiger partial charge on any atom is -0.384 e. The molecule has 1 aliphatic rings. The average Bonchev–Trinajstić information content (AvgIpc) is 3.01. The first-order valence-electron chi connectivity index (χ1n) is 6.39. The molecule has 1 aromatic carbocycles. The van der Waals surface area contributed by atoms with Gasteiger partial charge in [0.1, 0.15) is 5.82 Å². The zero-order chi connectivity index (χ0) is 12.5. The van der Waals surface area contributed by atoms with E-state index in [0.717, 1.165) is 11.3 Å². The molecule has 94 valence electrons. The van der Waals surface area contributed by atoms with E-state index in [1.54, 1.807) is 4.68 Å². The van der Waals surface area contributed by atoms with Gasteiger partial charge in [-0.05, 0) is 25.0 Å². The number of anilines is 2. The van der Waals surface area contributed by atoms with Crippen LogP contribution in [0.1, 0.15) is 12.8 Å². The second kappa shape index (κ2) is 4.37. The van der Waals surface area contributed by atoms with Crippen LogP contribution in [0.3, 0.4) is 0 Å². The highest BCUT2D eigenvalue weighted by Crippen LogP contribution is 2.25. The highest BCUT2D eigenvalue weighted by molar-refractivity contribution is 5.65. The first-order valence-corrected chi connectivity index (χ1v) is 6.39. The molecule has 0 spiro atoms. The van der Waals surface area contributed by atoms with Gasteiger partial charge in [-0.25, -0.2) is 0 Å². The van der Waals surface area contributed by atoms with E-state index in [-0.39, 0.29) is 0 Å². The summed E-state index contributed by atoms with van der Waals surface area (Å²) in [7, 11) is 1.86. The minimum atomic E-state index is 0.689. The Morgan fingerprint density at radius 1 is 1.11 bits per heavy atom. The molecule has 18 heavy (non-hydrogen) atoms. The third kappa shape index (κ3) is 1.94. The maximum atomic E-state index is 5.80. The van der Waals surface area contributed by atoms with Crippen molar-refractivity contribution in [3.05, 3.63) is 30.3 Å². The summed E-state index contributed by atoms with van der Waals surface area (Å²) in [4.78, 5) is 2.43. The van der Waals surface area contributed by atoms with Gasteiger partial charge in [-0.15, -0.1) is 0 Å². The summed E-state index contributed by atoms with van der Waals surface area (Å²) in [5.74, 6) is 0.689. The molecule has 1 aromatic heterocycles.